The molecular weight excluding hydrogens is 425 g/mol. The quantitative estimate of drug-likeness (QED) is 0.636. The lowest BCUT2D eigenvalue weighted by atomic mass is 9.97. The highest BCUT2D eigenvalue weighted by atomic mass is 31.2. The highest BCUT2D eigenvalue weighted by Gasteiger charge is 2.70. The lowest BCUT2D eigenvalue weighted by Crippen LogP contribution is -2.51. The van der Waals surface area contributed by atoms with Crippen molar-refractivity contribution in [3.8, 4) is 5.88 Å². The van der Waals surface area contributed by atoms with E-state index in [1.165, 1.54) is 10.9 Å². The molecule has 2 fully saturated rings. The molecular formula is C17H23F2N4O6P. The zero-order valence-electron chi connectivity index (χ0n) is 17.2. The molecule has 2 aliphatic rings. The molecule has 4 rings (SSSR count). The molecule has 4 heterocycles. The van der Waals surface area contributed by atoms with Gasteiger partial charge in [-0.2, -0.15) is 4.98 Å². The molecule has 13 heteroatoms. The zero-order chi connectivity index (χ0) is 21.9. The summed E-state index contributed by atoms with van der Waals surface area (Å²) in [5, 5.41) is 0. The normalized spacial score (nSPS) is 36.4. The summed E-state index contributed by atoms with van der Waals surface area (Å²) in [6.45, 7) is 7.23. The number of imidazole rings is 1. The van der Waals surface area contributed by atoms with Crippen LogP contribution < -0.4 is 4.74 Å². The highest BCUT2D eigenvalue weighted by molar-refractivity contribution is 7.48. The zero-order valence-corrected chi connectivity index (χ0v) is 18.1. The van der Waals surface area contributed by atoms with Gasteiger partial charge in [-0.3, -0.25) is 18.1 Å². The number of hydrogen-bond acceptors (Lipinski definition) is 9. The monoisotopic (exact) mass is 448 g/mol. The SMILES string of the molecule is CCOc1nc(C)nc2c1ncn2[C@@H]1O[C@]2(F)CO[P@](=O)(OC(C)C)O[C@H]2[C@@]1(C)F. The molecule has 0 N–H and O–H groups in total. The Hall–Kier alpha value is -1.72. The second-order valence-corrected chi connectivity index (χ2v) is 9.18. The van der Waals surface area contributed by atoms with Gasteiger partial charge in [0, 0.05) is 0 Å². The average molecular weight is 448 g/mol. The molecule has 2 aromatic heterocycles. The van der Waals surface area contributed by atoms with Gasteiger partial charge in [0.05, 0.1) is 19.0 Å². The third kappa shape index (κ3) is 3.40. The molecule has 0 aliphatic carbocycles. The molecule has 0 bridgehead atoms. The minimum absolute atomic E-state index is 0.199. The predicted molar refractivity (Wildman–Crippen MR) is 99.4 cm³/mol. The van der Waals surface area contributed by atoms with Crippen LogP contribution in [0.25, 0.3) is 11.2 Å². The average Bonchev–Trinajstić information content (AvgIpc) is 3.13. The van der Waals surface area contributed by atoms with E-state index in [2.05, 4.69) is 15.0 Å². The second-order valence-electron chi connectivity index (χ2n) is 7.60. The van der Waals surface area contributed by atoms with Crippen molar-refractivity contribution in [2.45, 2.75) is 64.6 Å². The van der Waals surface area contributed by atoms with Crippen LogP contribution in [0.1, 0.15) is 39.7 Å². The first-order valence-corrected chi connectivity index (χ1v) is 11.0. The number of aromatic nitrogens is 4. The van der Waals surface area contributed by atoms with E-state index in [9.17, 15) is 4.57 Å². The van der Waals surface area contributed by atoms with E-state index in [1.807, 2.05) is 0 Å². The maximum atomic E-state index is 15.9. The molecule has 166 valence electrons. The first-order chi connectivity index (χ1) is 14.0. The fraction of sp³-hybridized carbons (Fsp3) is 0.706. The van der Waals surface area contributed by atoms with Crippen LogP contribution in [0.5, 0.6) is 5.88 Å². The number of aryl methyl sites for hydroxylation is 1. The molecule has 0 amide bonds. The number of fused-ring (bicyclic) bond motifs is 2. The molecule has 2 aliphatic heterocycles. The molecule has 2 aromatic rings. The fourth-order valence-corrected chi connectivity index (χ4v) is 5.22. The Labute approximate surface area is 171 Å². The van der Waals surface area contributed by atoms with Gasteiger partial charge in [-0.25, -0.2) is 23.3 Å². The van der Waals surface area contributed by atoms with Crippen molar-refractivity contribution in [1.29, 1.82) is 0 Å². The summed E-state index contributed by atoms with van der Waals surface area (Å²) in [5.41, 5.74) is -1.99. The van der Waals surface area contributed by atoms with E-state index in [1.54, 1.807) is 27.7 Å². The Morgan fingerprint density at radius 2 is 2.13 bits per heavy atom. The summed E-state index contributed by atoms with van der Waals surface area (Å²) < 4.78 is 71.5. The van der Waals surface area contributed by atoms with E-state index in [-0.39, 0.29) is 17.0 Å². The molecule has 0 unspecified atom stereocenters. The molecule has 30 heavy (non-hydrogen) atoms. The molecule has 0 spiro atoms. The summed E-state index contributed by atoms with van der Waals surface area (Å²) in [6, 6.07) is 0. The van der Waals surface area contributed by atoms with Crippen molar-refractivity contribution in [1.82, 2.24) is 19.5 Å². The Balaban J connectivity index is 1.74. The second kappa shape index (κ2) is 7.16. The smallest absolute Gasteiger partial charge is 0.475 e. The first-order valence-electron chi connectivity index (χ1n) is 9.50. The number of ether oxygens (including phenoxy) is 2. The fourth-order valence-electron chi connectivity index (χ4n) is 3.58. The number of phosphoric ester groups is 1. The van der Waals surface area contributed by atoms with Crippen LogP contribution >= 0.6 is 7.82 Å². The topological polar surface area (TPSA) is 107 Å². The Morgan fingerprint density at radius 1 is 1.40 bits per heavy atom. The molecule has 10 nitrogen and oxygen atoms in total. The van der Waals surface area contributed by atoms with Crippen molar-refractivity contribution in [2.24, 2.45) is 0 Å². The van der Waals surface area contributed by atoms with Crippen LogP contribution in [-0.2, 0) is 22.9 Å². The molecule has 0 radical (unpaired) electrons. The van der Waals surface area contributed by atoms with Gasteiger partial charge in [-0.1, -0.05) is 0 Å². The predicted octanol–water partition coefficient (Wildman–Crippen LogP) is 3.40. The number of hydrogen-bond donors (Lipinski definition) is 0. The molecule has 5 atom stereocenters. The highest BCUT2D eigenvalue weighted by Crippen LogP contribution is 2.63. The Bertz CT molecular complexity index is 1020. The van der Waals surface area contributed by atoms with Gasteiger partial charge in [0.1, 0.15) is 12.4 Å². The van der Waals surface area contributed by atoms with Crippen LogP contribution in [0.3, 0.4) is 0 Å². The Kier molecular flexibility index (Phi) is 5.14. The standard InChI is InChI=1S/C17H23F2N4O6P/c1-6-25-13-11-12(21-10(4)22-13)23(8-20-11)15-16(5,18)14-17(19,27-15)7-26-30(24,29-14)28-9(2)3/h8-9,14-15H,6-7H2,1-5H3/t14-,15+,16+,17+,30+/m0/s1. The van der Waals surface area contributed by atoms with Crippen LogP contribution in [0, 0.1) is 6.92 Å². The number of phosphoric acid groups is 1. The maximum absolute atomic E-state index is 15.9. The van der Waals surface area contributed by atoms with Gasteiger partial charge >= 0.3 is 7.82 Å². The van der Waals surface area contributed by atoms with Gasteiger partial charge in [0.2, 0.25) is 5.88 Å². The number of rotatable bonds is 5. The molecule has 2 saturated heterocycles. The maximum Gasteiger partial charge on any atom is 0.475 e. The van der Waals surface area contributed by atoms with Crippen molar-refractivity contribution < 1.29 is 36.4 Å². The summed E-state index contributed by atoms with van der Waals surface area (Å²) in [5.74, 6) is -2.11. The van der Waals surface area contributed by atoms with Crippen molar-refractivity contribution >= 4 is 19.0 Å². The van der Waals surface area contributed by atoms with Gasteiger partial charge in [0.15, 0.2) is 29.2 Å². The van der Waals surface area contributed by atoms with Gasteiger partial charge in [-0.05, 0) is 34.6 Å². The molecule has 0 saturated carbocycles. The number of nitrogens with zero attached hydrogens (tertiary/aromatic N) is 4. The van der Waals surface area contributed by atoms with Crippen LogP contribution in [0.2, 0.25) is 0 Å². The van der Waals surface area contributed by atoms with Crippen LogP contribution in [0.4, 0.5) is 8.78 Å². The third-order valence-electron chi connectivity index (χ3n) is 4.72. The van der Waals surface area contributed by atoms with Gasteiger partial charge < -0.3 is 9.47 Å². The summed E-state index contributed by atoms with van der Waals surface area (Å²) in [4.78, 5) is 12.7. The van der Waals surface area contributed by atoms with E-state index in [4.69, 9.17) is 23.0 Å². The van der Waals surface area contributed by atoms with Crippen molar-refractivity contribution in [3.63, 3.8) is 0 Å². The molecule has 0 aromatic carbocycles. The largest absolute Gasteiger partial charge is 0.476 e. The summed E-state index contributed by atoms with van der Waals surface area (Å²) >= 11 is 0. The van der Waals surface area contributed by atoms with E-state index in [0.29, 0.717) is 12.4 Å². The lowest BCUT2D eigenvalue weighted by Gasteiger charge is -2.36. The van der Waals surface area contributed by atoms with E-state index >= 15 is 8.78 Å². The summed E-state index contributed by atoms with van der Waals surface area (Å²) in [7, 11) is -4.17. The van der Waals surface area contributed by atoms with Crippen LogP contribution in [0.15, 0.2) is 6.33 Å². The third-order valence-corrected chi connectivity index (χ3v) is 6.32. The Morgan fingerprint density at radius 3 is 2.80 bits per heavy atom. The summed E-state index contributed by atoms with van der Waals surface area (Å²) in [6.07, 6.45) is -2.67. The van der Waals surface area contributed by atoms with Crippen molar-refractivity contribution in [2.75, 3.05) is 13.2 Å². The van der Waals surface area contributed by atoms with E-state index in [0.717, 1.165) is 6.92 Å². The minimum atomic E-state index is -4.17. The van der Waals surface area contributed by atoms with Gasteiger partial charge in [-0.15, -0.1) is 0 Å². The van der Waals surface area contributed by atoms with E-state index < -0.39 is 44.4 Å². The number of halogens is 2. The minimum Gasteiger partial charge on any atom is -0.476 e. The lowest BCUT2D eigenvalue weighted by molar-refractivity contribution is -0.220. The first kappa shape index (κ1) is 21.5. The van der Waals surface area contributed by atoms with Gasteiger partial charge in [0.25, 0.3) is 5.85 Å². The van der Waals surface area contributed by atoms with Crippen molar-refractivity contribution in [3.05, 3.63) is 12.2 Å². The van der Waals surface area contributed by atoms with Crippen LogP contribution in [-0.4, -0.2) is 56.5 Å². The number of alkyl halides is 2.